The molecule has 1 aromatic heterocycles. The smallest absolute Gasteiger partial charge is 0.112 e. The summed E-state index contributed by atoms with van der Waals surface area (Å²) >= 11 is 0. The van der Waals surface area contributed by atoms with Crippen LogP contribution in [0.2, 0.25) is 0 Å². The predicted molar refractivity (Wildman–Crippen MR) is 69.6 cm³/mol. The zero-order valence-electron chi connectivity index (χ0n) is 11.4. The van der Waals surface area contributed by atoms with Crippen molar-refractivity contribution in [3.8, 4) is 0 Å². The Balaban J connectivity index is 1.97. The van der Waals surface area contributed by atoms with Crippen molar-refractivity contribution in [1.82, 2.24) is 20.4 Å². The number of morpholine rings is 1. The van der Waals surface area contributed by atoms with Crippen LogP contribution in [0.15, 0.2) is 6.20 Å². The number of aromatic nitrogens is 2. The highest BCUT2D eigenvalue weighted by Crippen LogP contribution is 2.37. The SMILES string of the molecule is CC(C)c1nn(C)cc1C1NCCOC12CNC2. The molecule has 2 N–H and O–H groups in total. The van der Waals surface area contributed by atoms with E-state index in [0.29, 0.717) is 5.92 Å². The van der Waals surface area contributed by atoms with E-state index in [9.17, 15) is 0 Å². The van der Waals surface area contributed by atoms with Gasteiger partial charge in [-0.15, -0.1) is 0 Å². The van der Waals surface area contributed by atoms with Gasteiger partial charge >= 0.3 is 0 Å². The molecule has 2 aliphatic heterocycles. The third-order valence-corrected chi connectivity index (χ3v) is 3.96. The maximum atomic E-state index is 6.05. The van der Waals surface area contributed by atoms with E-state index < -0.39 is 0 Å². The van der Waals surface area contributed by atoms with Crippen molar-refractivity contribution in [2.75, 3.05) is 26.2 Å². The first-order valence-corrected chi connectivity index (χ1v) is 6.74. The minimum absolute atomic E-state index is 0.0646. The van der Waals surface area contributed by atoms with E-state index in [4.69, 9.17) is 4.74 Å². The fourth-order valence-corrected chi connectivity index (χ4v) is 2.99. The summed E-state index contributed by atoms with van der Waals surface area (Å²) in [5.41, 5.74) is 2.42. The van der Waals surface area contributed by atoms with Gasteiger partial charge in [0.2, 0.25) is 0 Å². The second kappa shape index (κ2) is 4.33. The molecule has 0 aromatic carbocycles. The summed E-state index contributed by atoms with van der Waals surface area (Å²) in [5, 5.41) is 11.6. The van der Waals surface area contributed by atoms with Gasteiger partial charge in [0.15, 0.2) is 0 Å². The number of aryl methyl sites for hydroxylation is 1. The third kappa shape index (κ3) is 1.77. The summed E-state index contributed by atoms with van der Waals surface area (Å²) in [5.74, 6) is 0.440. The molecule has 0 amide bonds. The van der Waals surface area contributed by atoms with Gasteiger partial charge in [-0.05, 0) is 5.92 Å². The Hall–Kier alpha value is -0.910. The first-order valence-electron chi connectivity index (χ1n) is 6.74. The van der Waals surface area contributed by atoms with Crippen LogP contribution < -0.4 is 10.6 Å². The van der Waals surface area contributed by atoms with Crippen LogP contribution in [-0.2, 0) is 11.8 Å². The van der Waals surface area contributed by atoms with Crippen LogP contribution >= 0.6 is 0 Å². The Labute approximate surface area is 108 Å². The maximum Gasteiger partial charge on any atom is 0.112 e. The molecule has 18 heavy (non-hydrogen) atoms. The fourth-order valence-electron chi connectivity index (χ4n) is 2.99. The van der Waals surface area contributed by atoms with Crippen LogP contribution in [0.1, 0.15) is 37.1 Å². The standard InChI is InChI=1S/C13H22N4O/c1-9(2)11-10(6-17(3)16-11)12-13(7-14-8-13)18-5-4-15-12/h6,9,12,14-15H,4-5,7-8H2,1-3H3. The van der Waals surface area contributed by atoms with Crippen molar-refractivity contribution in [3.63, 3.8) is 0 Å². The number of ether oxygens (including phenoxy) is 1. The van der Waals surface area contributed by atoms with Crippen molar-refractivity contribution in [1.29, 1.82) is 0 Å². The first kappa shape index (κ1) is 12.1. The molecule has 0 saturated carbocycles. The van der Waals surface area contributed by atoms with Crippen LogP contribution in [0.5, 0.6) is 0 Å². The fraction of sp³-hybridized carbons (Fsp3) is 0.769. The summed E-state index contributed by atoms with van der Waals surface area (Å²) in [6, 6.07) is 0.263. The normalized spacial score (nSPS) is 26.6. The van der Waals surface area contributed by atoms with Gasteiger partial charge in [-0.25, -0.2) is 0 Å². The molecule has 0 radical (unpaired) electrons. The second-order valence-corrected chi connectivity index (χ2v) is 5.70. The monoisotopic (exact) mass is 250 g/mol. The number of hydrogen-bond acceptors (Lipinski definition) is 4. The number of rotatable bonds is 2. The molecule has 3 heterocycles. The van der Waals surface area contributed by atoms with Crippen molar-refractivity contribution >= 4 is 0 Å². The first-order chi connectivity index (χ1) is 8.62. The largest absolute Gasteiger partial charge is 0.369 e. The topological polar surface area (TPSA) is 51.1 Å². The lowest BCUT2D eigenvalue weighted by Crippen LogP contribution is -2.69. The molecule has 2 saturated heterocycles. The maximum absolute atomic E-state index is 6.05. The number of nitrogens with zero attached hydrogens (tertiary/aromatic N) is 2. The van der Waals surface area contributed by atoms with Gasteiger partial charge in [0.05, 0.1) is 18.3 Å². The van der Waals surface area contributed by atoms with Gasteiger partial charge < -0.3 is 15.4 Å². The summed E-state index contributed by atoms with van der Waals surface area (Å²) in [4.78, 5) is 0. The van der Waals surface area contributed by atoms with Gasteiger partial charge in [0.1, 0.15) is 5.60 Å². The molecule has 1 unspecified atom stereocenters. The van der Waals surface area contributed by atoms with Crippen LogP contribution in [0.25, 0.3) is 0 Å². The van der Waals surface area contributed by atoms with Gasteiger partial charge in [-0.3, -0.25) is 4.68 Å². The van der Waals surface area contributed by atoms with Gasteiger partial charge in [-0.1, -0.05) is 13.8 Å². The summed E-state index contributed by atoms with van der Waals surface area (Å²) in [6.07, 6.45) is 2.14. The second-order valence-electron chi connectivity index (χ2n) is 5.70. The molecule has 5 heteroatoms. The van der Waals surface area contributed by atoms with Crippen molar-refractivity contribution in [3.05, 3.63) is 17.5 Å². The summed E-state index contributed by atoms with van der Waals surface area (Å²) in [7, 11) is 1.99. The molecular formula is C13H22N4O. The van der Waals surface area contributed by atoms with E-state index >= 15 is 0 Å². The Morgan fingerprint density at radius 3 is 2.89 bits per heavy atom. The molecule has 2 aliphatic rings. The number of hydrogen-bond donors (Lipinski definition) is 2. The van der Waals surface area contributed by atoms with Gasteiger partial charge in [0, 0.05) is 38.4 Å². The van der Waals surface area contributed by atoms with E-state index in [1.54, 1.807) is 0 Å². The van der Waals surface area contributed by atoms with Gasteiger partial charge in [0.25, 0.3) is 0 Å². The Morgan fingerprint density at radius 1 is 1.50 bits per heavy atom. The van der Waals surface area contributed by atoms with Crippen molar-refractivity contribution < 1.29 is 4.74 Å². The lowest BCUT2D eigenvalue weighted by molar-refractivity contribution is -0.128. The average Bonchev–Trinajstić information content (AvgIpc) is 2.69. The number of nitrogens with one attached hydrogen (secondary N) is 2. The molecule has 5 nitrogen and oxygen atoms in total. The highest BCUT2D eigenvalue weighted by atomic mass is 16.5. The molecule has 3 rings (SSSR count). The highest BCUT2D eigenvalue weighted by molar-refractivity contribution is 5.29. The van der Waals surface area contributed by atoms with Crippen LogP contribution in [0.3, 0.4) is 0 Å². The Morgan fingerprint density at radius 2 is 2.28 bits per heavy atom. The Kier molecular flexibility index (Phi) is 2.92. The zero-order valence-corrected chi connectivity index (χ0v) is 11.4. The van der Waals surface area contributed by atoms with E-state index in [1.807, 2.05) is 11.7 Å². The lowest BCUT2D eigenvalue weighted by Gasteiger charge is -2.50. The molecule has 0 aliphatic carbocycles. The summed E-state index contributed by atoms with van der Waals surface area (Å²) in [6.45, 7) is 7.96. The van der Waals surface area contributed by atoms with Crippen molar-refractivity contribution in [2.45, 2.75) is 31.4 Å². The van der Waals surface area contributed by atoms with Crippen LogP contribution in [0.4, 0.5) is 0 Å². The van der Waals surface area contributed by atoms with E-state index in [1.165, 1.54) is 11.3 Å². The minimum atomic E-state index is -0.0646. The van der Waals surface area contributed by atoms with E-state index in [2.05, 4.69) is 35.8 Å². The predicted octanol–water partition coefficient (Wildman–Crippen LogP) is 0.546. The molecule has 0 bridgehead atoms. The summed E-state index contributed by atoms with van der Waals surface area (Å²) < 4.78 is 7.97. The minimum Gasteiger partial charge on any atom is -0.369 e. The van der Waals surface area contributed by atoms with Crippen LogP contribution in [0, 0.1) is 0 Å². The van der Waals surface area contributed by atoms with Gasteiger partial charge in [-0.2, -0.15) is 5.10 Å². The van der Waals surface area contributed by atoms with E-state index in [0.717, 1.165) is 26.2 Å². The van der Waals surface area contributed by atoms with Crippen LogP contribution in [-0.4, -0.2) is 41.6 Å². The lowest BCUT2D eigenvalue weighted by atomic mass is 9.81. The third-order valence-electron chi connectivity index (χ3n) is 3.96. The molecule has 1 spiro atoms. The molecular weight excluding hydrogens is 228 g/mol. The zero-order chi connectivity index (χ0) is 12.8. The molecule has 1 atom stereocenters. The van der Waals surface area contributed by atoms with E-state index in [-0.39, 0.29) is 11.6 Å². The molecule has 100 valence electrons. The van der Waals surface area contributed by atoms with Crippen molar-refractivity contribution in [2.24, 2.45) is 7.05 Å². The average molecular weight is 250 g/mol. The molecule has 2 fully saturated rings. The molecule has 1 aromatic rings. The Bertz CT molecular complexity index is 436. The quantitative estimate of drug-likeness (QED) is 0.805. The highest BCUT2D eigenvalue weighted by Gasteiger charge is 2.49.